The third-order valence-electron chi connectivity index (χ3n) is 6.13. The first-order chi connectivity index (χ1) is 15.4. The van der Waals surface area contributed by atoms with E-state index in [2.05, 4.69) is 27.3 Å². The van der Waals surface area contributed by atoms with E-state index < -0.39 is 11.7 Å². The Hall–Kier alpha value is -2.81. The molecule has 9 heteroatoms. The predicted octanol–water partition coefficient (Wildman–Crippen LogP) is 4.85. The average molecular weight is 445 g/mol. The quantitative estimate of drug-likeness (QED) is 0.588. The number of likely N-dealkylation sites (N-methyl/N-ethyl adjacent to an activating group) is 1. The van der Waals surface area contributed by atoms with E-state index in [1.807, 2.05) is 22.7 Å². The number of hydrogen-bond donors (Lipinski definition) is 1. The van der Waals surface area contributed by atoms with Crippen LogP contribution in [0.1, 0.15) is 38.2 Å². The molecule has 2 aliphatic rings. The van der Waals surface area contributed by atoms with E-state index in [-0.39, 0.29) is 17.9 Å². The second kappa shape index (κ2) is 8.27. The Labute approximate surface area is 184 Å². The maximum atomic E-state index is 13.3. The third-order valence-corrected chi connectivity index (χ3v) is 6.13. The van der Waals surface area contributed by atoms with Crippen LogP contribution in [0.4, 0.5) is 19.1 Å². The number of fused-ring (bicyclic) bond motifs is 1. The van der Waals surface area contributed by atoms with Gasteiger partial charge in [0, 0.05) is 24.3 Å². The molecule has 1 aromatic carbocycles. The van der Waals surface area contributed by atoms with Crippen LogP contribution in [0.2, 0.25) is 0 Å². The molecule has 1 aliphatic heterocycles. The van der Waals surface area contributed by atoms with Gasteiger partial charge in [-0.15, -0.1) is 10.2 Å². The predicted molar refractivity (Wildman–Crippen MR) is 116 cm³/mol. The number of anilines is 1. The number of alkyl halides is 3. The van der Waals surface area contributed by atoms with Gasteiger partial charge in [0.1, 0.15) is 11.4 Å². The summed E-state index contributed by atoms with van der Waals surface area (Å²) in [6.45, 7) is 5.22. The van der Waals surface area contributed by atoms with Crippen LogP contribution in [0, 0.1) is 0 Å². The topological polar surface area (TPSA) is 54.7 Å². The number of hydrogen-bond acceptors (Lipinski definition) is 5. The Bertz CT molecular complexity index is 1110. The van der Waals surface area contributed by atoms with E-state index in [1.165, 1.54) is 6.07 Å². The largest absolute Gasteiger partial charge is 0.490 e. The normalized spacial score (nSPS) is 19.9. The molecule has 6 nitrogen and oxygen atoms in total. The van der Waals surface area contributed by atoms with Crippen LogP contribution in [0.3, 0.4) is 0 Å². The van der Waals surface area contributed by atoms with E-state index in [0.717, 1.165) is 63.0 Å². The van der Waals surface area contributed by atoms with Crippen molar-refractivity contribution in [2.45, 2.75) is 50.9 Å². The van der Waals surface area contributed by atoms with Crippen LogP contribution in [-0.2, 0) is 6.18 Å². The molecule has 1 aliphatic carbocycles. The first kappa shape index (κ1) is 21.1. The summed E-state index contributed by atoms with van der Waals surface area (Å²) in [4.78, 5) is 2.40. The lowest BCUT2D eigenvalue weighted by atomic mass is 10.1. The van der Waals surface area contributed by atoms with E-state index >= 15 is 0 Å². The summed E-state index contributed by atoms with van der Waals surface area (Å²) < 4.78 is 47.6. The van der Waals surface area contributed by atoms with Gasteiger partial charge in [-0.1, -0.05) is 6.92 Å². The maximum absolute atomic E-state index is 13.3. The Balaban J connectivity index is 1.50. The van der Waals surface area contributed by atoms with Crippen molar-refractivity contribution in [2.24, 2.45) is 0 Å². The van der Waals surface area contributed by atoms with Crippen molar-refractivity contribution in [3.8, 4) is 17.0 Å². The SMILES string of the molecule is CCN1CCCC(Nc2nnc(-c3ccc(C(F)(F)F)cc3OC3CC3)c3cccn23)C1. The first-order valence-electron chi connectivity index (χ1n) is 11.1. The summed E-state index contributed by atoms with van der Waals surface area (Å²) in [6.07, 6.45) is 1.29. The molecule has 170 valence electrons. The van der Waals surface area contributed by atoms with Crippen LogP contribution >= 0.6 is 0 Å². The molecule has 1 N–H and O–H groups in total. The smallest absolute Gasteiger partial charge is 0.416 e. The number of aromatic nitrogens is 3. The van der Waals surface area contributed by atoms with Crippen molar-refractivity contribution < 1.29 is 17.9 Å². The van der Waals surface area contributed by atoms with Crippen LogP contribution in [0.15, 0.2) is 36.5 Å². The van der Waals surface area contributed by atoms with Crippen molar-refractivity contribution >= 4 is 11.5 Å². The maximum Gasteiger partial charge on any atom is 0.416 e. The number of rotatable bonds is 6. The average Bonchev–Trinajstić information content (AvgIpc) is 3.45. The fourth-order valence-electron chi connectivity index (χ4n) is 4.25. The minimum atomic E-state index is -4.43. The molecular formula is C23H26F3N5O. The highest BCUT2D eigenvalue weighted by Gasteiger charge is 2.33. The van der Waals surface area contributed by atoms with Crippen molar-refractivity contribution in [1.29, 1.82) is 0 Å². The number of halogens is 3. The highest BCUT2D eigenvalue weighted by atomic mass is 19.4. The molecule has 2 aromatic heterocycles. The Morgan fingerprint density at radius 3 is 2.75 bits per heavy atom. The molecule has 0 amide bonds. The standard InChI is InChI=1S/C23H26F3N5O/c1-2-30-11-3-5-16(14-30)27-22-29-28-21(19-6-4-12-31(19)22)18-10-7-15(23(24,25)26)13-20(18)32-17-8-9-17/h4,6-7,10,12-13,16-17H,2-3,5,8-9,11,14H2,1H3,(H,27,29). The number of piperidine rings is 1. The molecule has 1 saturated heterocycles. The summed E-state index contributed by atoms with van der Waals surface area (Å²) in [5.74, 6) is 0.833. The third kappa shape index (κ3) is 4.26. The molecule has 1 unspecified atom stereocenters. The fraction of sp³-hybridized carbons (Fsp3) is 0.478. The number of ether oxygens (including phenoxy) is 1. The molecule has 0 spiro atoms. The van der Waals surface area contributed by atoms with Gasteiger partial charge in [0.25, 0.3) is 0 Å². The summed E-state index contributed by atoms with van der Waals surface area (Å²) in [7, 11) is 0. The molecule has 32 heavy (non-hydrogen) atoms. The van der Waals surface area contributed by atoms with Gasteiger partial charge < -0.3 is 15.0 Å². The lowest BCUT2D eigenvalue weighted by molar-refractivity contribution is -0.137. The summed E-state index contributed by atoms with van der Waals surface area (Å²) in [5, 5.41) is 12.3. The zero-order chi connectivity index (χ0) is 22.3. The highest BCUT2D eigenvalue weighted by molar-refractivity contribution is 5.81. The fourth-order valence-corrected chi connectivity index (χ4v) is 4.25. The van der Waals surface area contributed by atoms with Crippen molar-refractivity contribution in [3.05, 3.63) is 42.1 Å². The number of nitrogens with one attached hydrogen (secondary N) is 1. The first-order valence-corrected chi connectivity index (χ1v) is 11.1. The molecule has 0 bridgehead atoms. The van der Waals surface area contributed by atoms with Gasteiger partial charge in [-0.05, 0) is 69.1 Å². The molecule has 1 atom stereocenters. The molecular weight excluding hydrogens is 419 g/mol. The molecule has 3 heterocycles. The molecule has 0 radical (unpaired) electrons. The number of benzene rings is 1. The molecule has 5 rings (SSSR count). The van der Waals surface area contributed by atoms with Crippen molar-refractivity contribution in [2.75, 3.05) is 25.0 Å². The number of nitrogens with zero attached hydrogens (tertiary/aromatic N) is 4. The second-order valence-electron chi connectivity index (χ2n) is 8.54. The zero-order valence-corrected chi connectivity index (χ0v) is 17.9. The minimum Gasteiger partial charge on any atom is -0.490 e. The highest BCUT2D eigenvalue weighted by Crippen LogP contribution is 2.40. The Kier molecular flexibility index (Phi) is 5.44. The number of likely N-dealkylation sites (tertiary alicyclic amines) is 1. The van der Waals surface area contributed by atoms with Gasteiger partial charge >= 0.3 is 6.18 Å². The van der Waals surface area contributed by atoms with Gasteiger partial charge in [0.15, 0.2) is 0 Å². The van der Waals surface area contributed by atoms with Gasteiger partial charge in [-0.25, -0.2) is 0 Å². The lowest BCUT2D eigenvalue weighted by Crippen LogP contribution is -2.42. The van der Waals surface area contributed by atoms with Gasteiger partial charge in [0.05, 0.1) is 17.2 Å². The van der Waals surface area contributed by atoms with E-state index in [1.54, 1.807) is 0 Å². The van der Waals surface area contributed by atoms with Crippen LogP contribution < -0.4 is 10.1 Å². The lowest BCUT2D eigenvalue weighted by Gasteiger charge is -2.32. The monoisotopic (exact) mass is 445 g/mol. The Morgan fingerprint density at radius 1 is 1.16 bits per heavy atom. The van der Waals surface area contributed by atoms with Crippen LogP contribution in [-0.4, -0.2) is 51.3 Å². The van der Waals surface area contributed by atoms with Gasteiger partial charge in [0.2, 0.25) is 5.95 Å². The molecule has 1 saturated carbocycles. The van der Waals surface area contributed by atoms with Gasteiger partial charge in [-0.2, -0.15) is 13.2 Å². The zero-order valence-electron chi connectivity index (χ0n) is 17.9. The van der Waals surface area contributed by atoms with E-state index in [4.69, 9.17) is 4.74 Å². The summed E-state index contributed by atoms with van der Waals surface area (Å²) in [6, 6.07) is 7.64. The molecule has 3 aromatic rings. The van der Waals surface area contributed by atoms with Crippen LogP contribution in [0.5, 0.6) is 5.75 Å². The summed E-state index contributed by atoms with van der Waals surface area (Å²) >= 11 is 0. The molecule has 2 fully saturated rings. The van der Waals surface area contributed by atoms with Gasteiger partial charge in [-0.3, -0.25) is 4.40 Å². The van der Waals surface area contributed by atoms with Crippen LogP contribution in [0.25, 0.3) is 16.8 Å². The second-order valence-corrected chi connectivity index (χ2v) is 8.54. The van der Waals surface area contributed by atoms with E-state index in [0.29, 0.717) is 17.2 Å². The van der Waals surface area contributed by atoms with Crippen molar-refractivity contribution in [1.82, 2.24) is 19.5 Å². The summed E-state index contributed by atoms with van der Waals surface area (Å²) in [5.41, 5.74) is 1.06. The van der Waals surface area contributed by atoms with E-state index in [9.17, 15) is 13.2 Å². The Morgan fingerprint density at radius 2 is 2.00 bits per heavy atom. The minimum absolute atomic E-state index is 0.0400. The van der Waals surface area contributed by atoms with Crippen molar-refractivity contribution in [3.63, 3.8) is 0 Å².